The maximum atomic E-state index is 11.9. The van der Waals surface area contributed by atoms with Crippen LogP contribution in [0.3, 0.4) is 0 Å². The maximum absolute atomic E-state index is 11.9. The Morgan fingerprint density at radius 1 is 1.30 bits per heavy atom. The van der Waals surface area contributed by atoms with Crippen LogP contribution in [0.25, 0.3) is 0 Å². The molecule has 126 valence electrons. The monoisotopic (exact) mass is 319 g/mol. The average Bonchev–Trinajstić information content (AvgIpc) is 3.17. The minimum atomic E-state index is -0.767. The second-order valence-corrected chi connectivity index (χ2v) is 6.75. The molecule has 1 aliphatic heterocycles. The summed E-state index contributed by atoms with van der Waals surface area (Å²) in [5.74, 6) is 0.603. The number of hydrogen-bond acceptors (Lipinski definition) is 4. The highest BCUT2D eigenvalue weighted by atomic mass is 16.5. The summed E-state index contributed by atoms with van der Waals surface area (Å²) in [6.45, 7) is 1.91. The number of methoxy groups -OCH3 is 1. The van der Waals surface area contributed by atoms with Gasteiger partial charge in [0.2, 0.25) is 0 Å². The van der Waals surface area contributed by atoms with Crippen molar-refractivity contribution in [2.75, 3.05) is 27.2 Å². The molecule has 0 bridgehead atoms. The molecule has 5 heteroatoms. The van der Waals surface area contributed by atoms with Gasteiger partial charge in [-0.3, -0.25) is 4.79 Å². The molecule has 23 heavy (non-hydrogen) atoms. The van der Waals surface area contributed by atoms with E-state index in [9.17, 15) is 9.90 Å². The van der Waals surface area contributed by atoms with E-state index in [2.05, 4.69) is 11.9 Å². The van der Waals surface area contributed by atoms with Crippen LogP contribution in [-0.4, -0.2) is 49.3 Å². The lowest BCUT2D eigenvalue weighted by atomic mass is 9.79. The van der Waals surface area contributed by atoms with Crippen molar-refractivity contribution in [3.05, 3.63) is 23.8 Å². The first kappa shape index (κ1) is 16.1. The standard InChI is InChI=1S/C18H25NO4/c1-19-10-7-14(12-19)23-16-11-13(5-6-15(16)22-2)18(17(20)21)8-3-4-9-18/h5-6,11,14H,3-4,7-10,12H2,1-2H3,(H,20,21). The quantitative estimate of drug-likeness (QED) is 0.904. The van der Waals surface area contributed by atoms with Crippen molar-refractivity contribution in [1.82, 2.24) is 4.90 Å². The van der Waals surface area contributed by atoms with Gasteiger partial charge in [0.25, 0.3) is 0 Å². The minimum Gasteiger partial charge on any atom is -0.493 e. The van der Waals surface area contributed by atoms with Crippen molar-refractivity contribution in [3.8, 4) is 11.5 Å². The van der Waals surface area contributed by atoms with Gasteiger partial charge in [0.15, 0.2) is 11.5 Å². The van der Waals surface area contributed by atoms with Gasteiger partial charge in [-0.1, -0.05) is 18.9 Å². The van der Waals surface area contributed by atoms with Gasteiger partial charge in [-0.25, -0.2) is 0 Å². The van der Waals surface area contributed by atoms with Gasteiger partial charge in [-0.2, -0.15) is 0 Å². The molecule has 1 aromatic rings. The highest BCUT2D eigenvalue weighted by molar-refractivity contribution is 5.82. The first-order chi connectivity index (χ1) is 11.0. The molecular weight excluding hydrogens is 294 g/mol. The molecule has 1 saturated carbocycles. The summed E-state index contributed by atoms with van der Waals surface area (Å²) in [6, 6.07) is 5.61. The Hall–Kier alpha value is -1.75. The molecule has 1 heterocycles. The molecule has 3 rings (SSSR count). The molecule has 1 N–H and O–H groups in total. The number of benzene rings is 1. The summed E-state index contributed by atoms with van der Waals surface area (Å²) in [5.41, 5.74) is 0.0706. The Kier molecular flexibility index (Phi) is 4.48. The number of ether oxygens (including phenoxy) is 2. The van der Waals surface area contributed by atoms with E-state index in [0.717, 1.165) is 37.9 Å². The molecule has 0 amide bonds. The van der Waals surface area contributed by atoms with E-state index in [1.54, 1.807) is 7.11 Å². The van der Waals surface area contributed by atoms with E-state index in [4.69, 9.17) is 9.47 Å². The fraction of sp³-hybridized carbons (Fsp3) is 0.611. The van der Waals surface area contributed by atoms with Crippen molar-refractivity contribution in [1.29, 1.82) is 0 Å². The van der Waals surface area contributed by atoms with E-state index in [1.165, 1.54) is 0 Å². The summed E-state index contributed by atoms with van der Waals surface area (Å²) in [6.07, 6.45) is 4.42. The summed E-state index contributed by atoms with van der Waals surface area (Å²) in [7, 11) is 3.69. The summed E-state index contributed by atoms with van der Waals surface area (Å²) < 4.78 is 11.5. The molecule has 5 nitrogen and oxygen atoms in total. The third-order valence-electron chi connectivity index (χ3n) is 5.22. The number of aliphatic carboxylic acids is 1. The van der Waals surface area contributed by atoms with E-state index < -0.39 is 11.4 Å². The lowest BCUT2D eigenvalue weighted by molar-refractivity contribution is -0.143. The average molecular weight is 319 g/mol. The van der Waals surface area contributed by atoms with Gasteiger partial charge in [-0.05, 0) is 44.0 Å². The maximum Gasteiger partial charge on any atom is 0.314 e. The van der Waals surface area contributed by atoms with Crippen molar-refractivity contribution in [2.24, 2.45) is 0 Å². The fourth-order valence-corrected chi connectivity index (χ4v) is 3.84. The third-order valence-corrected chi connectivity index (χ3v) is 5.22. The Morgan fingerprint density at radius 2 is 2.04 bits per heavy atom. The van der Waals surface area contributed by atoms with Crippen LogP contribution >= 0.6 is 0 Å². The van der Waals surface area contributed by atoms with Gasteiger partial charge in [0.05, 0.1) is 12.5 Å². The topological polar surface area (TPSA) is 59.0 Å². The van der Waals surface area contributed by atoms with Gasteiger partial charge >= 0.3 is 5.97 Å². The van der Waals surface area contributed by atoms with Crippen LogP contribution in [0.5, 0.6) is 11.5 Å². The Bertz CT molecular complexity index is 580. The van der Waals surface area contributed by atoms with Crippen LogP contribution in [0.4, 0.5) is 0 Å². The molecule has 1 aliphatic carbocycles. The van der Waals surface area contributed by atoms with E-state index in [-0.39, 0.29) is 6.10 Å². The highest BCUT2D eigenvalue weighted by Crippen LogP contribution is 2.44. The molecule has 1 atom stereocenters. The van der Waals surface area contributed by atoms with Crippen molar-refractivity contribution < 1.29 is 19.4 Å². The second-order valence-electron chi connectivity index (χ2n) is 6.75. The predicted octanol–water partition coefficient (Wildman–Crippen LogP) is 2.67. The summed E-state index contributed by atoms with van der Waals surface area (Å²) in [4.78, 5) is 14.1. The van der Waals surface area contributed by atoms with E-state index in [0.29, 0.717) is 24.3 Å². The lowest BCUT2D eigenvalue weighted by Gasteiger charge is -2.26. The zero-order chi connectivity index (χ0) is 16.4. The molecule has 0 aromatic heterocycles. The zero-order valence-electron chi connectivity index (χ0n) is 13.9. The first-order valence-electron chi connectivity index (χ1n) is 8.32. The van der Waals surface area contributed by atoms with Crippen molar-refractivity contribution in [3.63, 3.8) is 0 Å². The molecule has 1 aromatic carbocycles. The van der Waals surface area contributed by atoms with Gasteiger partial charge in [-0.15, -0.1) is 0 Å². The summed E-state index contributed by atoms with van der Waals surface area (Å²) >= 11 is 0. The molecule has 0 radical (unpaired) electrons. The molecule has 2 fully saturated rings. The van der Waals surface area contributed by atoms with E-state index >= 15 is 0 Å². The van der Waals surface area contributed by atoms with Crippen LogP contribution in [-0.2, 0) is 10.2 Å². The number of likely N-dealkylation sites (N-methyl/N-ethyl adjacent to an activating group) is 1. The summed E-state index contributed by atoms with van der Waals surface area (Å²) in [5, 5.41) is 9.77. The van der Waals surface area contributed by atoms with Crippen LogP contribution in [0, 0.1) is 0 Å². The van der Waals surface area contributed by atoms with Gasteiger partial charge in [0, 0.05) is 13.1 Å². The highest BCUT2D eigenvalue weighted by Gasteiger charge is 2.43. The third kappa shape index (κ3) is 3.02. The van der Waals surface area contributed by atoms with Crippen LogP contribution in [0.2, 0.25) is 0 Å². The predicted molar refractivity (Wildman–Crippen MR) is 87.3 cm³/mol. The Morgan fingerprint density at radius 3 is 2.61 bits per heavy atom. The van der Waals surface area contributed by atoms with Gasteiger partial charge < -0.3 is 19.5 Å². The largest absolute Gasteiger partial charge is 0.493 e. The number of hydrogen-bond donors (Lipinski definition) is 1. The second kappa shape index (κ2) is 6.40. The van der Waals surface area contributed by atoms with Crippen molar-refractivity contribution in [2.45, 2.75) is 43.6 Å². The number of carbonyl (C=O) groups is 1. The number of likely N-dealkylation sites (tertiary alicyclic amines) is 1. The smallest absolute Gasteiger partial charge is 0.314 e. The zero-order valence-corrected chi connectivity index (χ0v) is 13.9. The molecule has 1 unspecified atom stereocenters. The SMILES string of the molecule is COc1ccc(C2(C(=O)O)CCCC2)cc1OC1CCN(C)C1. The normalized spacial score (nSPS) is 23.8. The van der Waals surface area contributed by atoms with Crippen LogP contribution < -0.4 is 9.47 Å². The molecular formula is C18H25NO4. The number of rotatable bonds is 5. The molecule has 1 saturated heterocycles. The molecule has 2 aliphatic rings. The van der Waals surface area contributed by atoms with Crippen LogP contribution in [0.15, 0.2) is 18.2 Å². The number of carboxylic acids is 1. The van der Waals surface area contributed by atoms with E-state index in [1.807, 2.05) is 18.2 Å². The van der Waals surface area contributed by atoms with Gasteiger partial charge in [0.1, 0.15) is 6.10 Å². The number of carboxylic acid groups (broad SMARTS) is 1. The van der Waals surface area contributed by atoms with Crippen LogP contribution in [0.1, 0.15) is 37.7 Å². The Balaban J connectivity index is 1.90. The Labute approximate surface area is 137 Å². The molecule has 0 spiro atoms. The number of nitrogens with zero attached hydrogens (tertiary/aromatic N) is 1. The fourth-order valence-electron chi connectivity index (χ4n) is 3.84. The first-order valence-corrected chi connectivity index (χ1v) is 8.32. The lowest BCUT2D eigenvalue weighted by Crippen LogP contribution is -2.32. The minimum absolute atomic E-state index is 0.133. The van der Waals surface area contributed by atoms with Crippen molar-refractivity contribution >= 4 is 5.97 Å².